The minimum Gasteiger partial charge on any atom is -0.450 e. The maximum Gasteiger partial charge on any atom is 0.411 e. The summed E-state index contributed by atoms with van der Waals surface area (Å²) < 4.78 is 5.26. The third-order valence-corrected chi connectivity index (χ3v) is 4.66. The van der Waals surface area contributed by atoms with E-state index in [-0.39, 0.29) is 12.1 Å². The van der Waals surface area contributed by atoms with Crippen LogP contribution in [0.2, 0.25) is 0 Å². The van der Waals surface area contributed by atoms with Gasteiger partial charge in [-0.15, -0.1) is 0 Å². The molecule has 130 valence electrons. The van der Waals surface area contributed by atoms with Crippen molar-refractivity contribution >= 4 is 17.0 Å². The Hall–Kier alpha value is -3.19. The predicted octanol–water partition coefficient (Wildman–Crippen LogP) is 4.28. The highest BCUT2D eigenvalue weighted by atomic mass is 16.6. The third kappa shape index (κ3) is 2.93. The zero-order valence-electron chi connectivity index (χ0n) is 14.7. The summed E-state index contributed by atoms with van der Waals surface area (Å²) in [4.78, 5) is 17.7. The Morgan fingerprint density at radius 2 is 1.96 bits per heavy atom. The van der Waals surface area contributed by atoms with Crippen LogP contribution in [0.15, 0.2) is 54.6 Å². The Morgan fingerprint density at radius 1 is 1.19 bits per heavy atom. The summed E-state index contributed by atoms with van der Waals surface area (Å²) in [6, 6.07) is 17.7. The van der Waals surface area contributed by atoms with Crippen molar-refractivity contribution in [3.8, 4) is 11.8 Å². The molecule has 0 radical (unpaired) electrons. The maximum atomic E-state index is 12.5. The number of nitrogens with one attached hydrogen (secondary N) is 1. The van der Waals surface area contributed by atoms with Crippen LogP contribution < -0.4 is 0 Å². The van der Waals surface area contributed by atoms with Gasteiger partial charge in [-0.2, -0.15) is 0 Å². The summed E-state index contributed by atoms with van der Waals surface area (Å²) in [7, 11) is 0. The van der Waals surface area contributed by atoms with E-state index in [1.807, 2.05) is 49.4 Å². The molecule has 0 spiro atoms. The normalized spacial score (nSPS) is 15.9. The molecule has 2 heterocycles. The first-order valence-corrected chi connectivity index (χ1v) is 8.87. The number of hydrogen-bond acceptors (Lipinski definition) is 2. The Kier molecular flexibility index (Phi) is 4.37. The zero-order chi connectivity index (χ0) is 17.9. The van der Waals surface area contributed by atoms with Crippen molar-refractivity contribution in [3.05, 3.63) is 71.4 Å². The zero-order valence-corrected chi connectivity index (χ0v) is 14.7. The number of aromatic amines is 1. The molecule has 1 atom stereocenters. The van der Waals surface area contributed by atoms with Gasteiger partial charge in [0.2, 0.25) is 0 Å². The molecule has 2 aromatic carbocycles. The quantitative estimate of drug-likeness (QED) is 0.670. The molecule has 0 saturated carbocycles. The molecule has 1 unspecified atom stereocenters. The van der Waals surface area contributed by atoms with Crippen LogP contribution in [-0.2, 0) is 11.2 Å². The van der Waals surface area contributed by atoms with E-state index in [0.29, 0.717) is 13.2 Å². The van der Waals surface area contributed by atoms with Gasteiger partial charge in [-0.1, -0.05) is 48.2 Å². The molecule has 26 heavy (non-hydrogen) atoms. The Morgan fingerprint density at radius 3 is 2.77 bits per heavy atom. The van der Waals surface area contributed by atoms with Crippen molar-refractivity contribution < 1.29 is 9.53 Å². The van der Waals surface area contributed by atoms with E-state index in [1.165, 1.54) is 10.9 Å². The summed E-state index contributed by atoms with van der Waals surface area (Å²) in [5.74, 6) is 6.50. The van der Waals surface area contributed by atoms with Crippen LogP contribution in [0, 0.1) is 11.8 Å². The van der Waals surface area contributed by atoms with Crippen molar-refractivity contribution in [1.29, 1.82) is 0 Å². The standard InChI is InChI=1S/C22H20N2O2/c1-2-26-22(25)24-15-14-18-17-10-6-7-11-19(17)23-21(18)20(24)13-12-16-8-4-3-5-9-16/h3-11,20,23H,2,14-15H2,1H3. The molecule has 1 aromatic heterocycles. The maximum absolute atomic E-state index is 12.5. The second kappa shape index (κ2) is 6.97. The highest BCUT2D eigenvalue weighted by Gasteiger charge is 2.33. The average molecular weight is 344 g/mol. The molecule has 0 fully saturated rings. The van der Waals surface area contributed by atoms with Gasteiger partial charge in [-0.3, -0.25) is 4.90 Å². The second-order valence-corrected chi connectivity index (χ2v) is 6.24. The largest absolute Gasteiger partial charge is 0.450 e. The minimum absolute atomic E-state index is 0.316. The summed E-state index contributed by atoms with van der Waals surface area (Å²) in [5.41, 5.74) is 4.25. The van der Waals surface area contributed by atoms with Crippen LogP contribution in [0.3, 0.4) is 0 Å². The predicted molar refractivity (Wildman–Crippen MR) is 102 cm³/mol. The number of hydrogen-bond donors (Lipinski definition) is 1. The lowest BCUT2D eigenvalue weighted by Gasteiger charge is -2.31. The van der Waals surface area contributed by atoms with Gasteiger partial charge >= 0.3 is 6.09 Å². The first-order chi connectivity index (χ1) is 12.8. The number of benzene rings is 2. The summed E-state index contributed by atoms with van der Waals surface area (Å²) in [6.07, 6.45) is 0.478. The van der Waals surface area contributed by atoms with Crippen LogP contribution in [0.5, 0.6) is 0 Å². The van der Waals surface area contributed by atoms with Crippen LogP contribution in [0.25, 0.3) is 10.9 Å². The highest BCUT2D eigenvalue weighted by molar-refractivity contribution is 5.86. The Bertz CT molecular complexity index is 995. The van der Waals surface area contributed by atoms with Gasteiger partial charge in [0.1, 0.15) is 6.04 Å². The average Bonchev–Trinajstić information content (AvgIpc) is 3.06. The van der Waals surface area contributed by atoms with Gasteiger partial charge < -0.3 is 9.72 Å². The molecule has 1 N–H and O–H groups in total. The van der Waals surface area contributed by atoms with Gasteiger partial charge in [0.25, 0.3) is 0 Å². The van der Waals surface area contributed by atoms with Crippen molar-refractivity contribution in [2.45, 2.75) is 19.4 Å². The fourth-order valence-corrected chi connectivity index (χ4v) is 3.47. The Labute approximate surface area is 152 Å². The van der Waals surface area contributed by atoms with Gasteiger partial charge in [0, 0.05) is 23.0 Å². The fourth-order valence-electron chi connectivity index (χ4n) is 3.47. The summed E-state index contributed by atoms with van der Waals surface area (Å²) in [5, 5.41) is 1.21. The number of fused-ring (bicyclic) bond motifs is 3. The number of amides is 1. The molecule has 1 aliphatic rings. The van der Waals surface area contributed by atoms with Crippen LogP contribution in [0.1, 0.15) is 29.8 Å². The molecule has 0 saturated heterocycles. The van der Waals surface area contributed by atoms with Crippen molar-refractivity contribution in [3.63, 3.8) is 0 Å². The van der Waals surface area contributed by atoms with E-state index in [1.54, 1.807) is 4.90 Å². The summed E-state index contributed by atoms with van der Waals surface area (Å²) in [6.45, 7) is 2.77. The summed E-state index contributed by atoms with van der Waals surface area (Å²) >= 11 is 0. The molecule has 3 aromatic rings. The van der Waals surface area contributed by atoms with E-state index in [4.69, 9.17) is 4.74 Å². The lowest BCUT2D eigenvalue weighted by Crippen LogP contribution is -2.39. The lowest BCUT2D eigenvalue weighted by atomic mass is 9.97. The number of carbonyl (C=O) groups is 1. The van der Waals surface area contributed by atoms with Crippen molar-refractivity contribution in [1.82, 2.24) is 9.88 Å². The van der Waals surface area contributed by atoms with Crippen molar-refractivity contribution in [2.75, 3.05) is 13.2 Å². The van der Waals surface area contributed by atoms with Crippen LogP contribution in [0.4, 0.5) is 4.79 Å². The smallest absolute Gasteiger partial charge is 0.411 e. The molecule has 4 heteroatoms. The fraction of sp³-hybridized carbons (Fsp3) is 0.227. The van der Waals surface area contributed by atoms with E-state index < -0.39 is 0 Å². The highest BCUT2D eigenvalue weighted by Crippen LogP contribution is 2.34. The number of aromatic nitrogens is 1. The molecule has 0 bridgehead atoms. The number of carbonyl (C=O) groups excluding carboxylic acids is 1. The first-order valence-electron chi connectivity index (χ1n) is 8.87. The van der Waals surface area contributed by atoms with E-state index >= 15 is 0 Å². The van der Waals surface area contributed by atoms with Crippen LogP contribution >= 0.6 is 0 Å². The van der Waals surface area contributed by atoms with E-state index in [0.717, 1.165) is 23.2 Å². The molecular formula is C22H20N2O2. The number of rotatable bonds is 1. The monoisotopic (exact) mass is 344 g/mol. The van der Waals surface area contributed by atoms with Gasteiger partial charge in [0.05, 0.1) is 12.3 Å². The number of nitrogens with zero attached hydrogens (tertiary/aromatic N) is 1. The van der Waals surface area contributed by atoms with E-state index in [9.17, 15) is 4.79 Å². The molecular weight excluding hydrogens is 324 g/mol. The molecule has 0 aliphatic carbocycles. The molecule has 4 rings (SSSR count). The third-order valence-electron chi connectivity index (χ3n) is 4.66. The number of ether oxygens (including phenoxy) is 1. The Balaban J connectivity index is 1.79. The van der Waals surface area contributed by atoms with Gasteiger partial charge in [-0.25, -0.2) is 4.79 Å². The van der Waals surface area contributed by atoms with Gasteiger partial charge in [-0.05, 0) is 37.1 Å². The minimum atomic E-state index is -0.342. The SMILES string of the molecule is CCOC(=O)N1CCc2c([nH]c3ccccc23)C1C#Cc1ccccc1. The lowest BCUT2D eigenvalue weighted by molar-refractivity contribution is 0.0960. The van der Waals surface area contributed by atoms with E-state index in [2.05, 4.69) is 29.0 Å². The van der Waals surface area contributed by atoms with Crippen LogP contribution in [-0.4, -0.2) is 29.1 Å². The molecule has 4 nitrogen and oxygen atoms in total. The van der Waals surface area contributed by atoms with Gasteiger partial charge in [0.15, 0.2) is 0 Å². The van der Waals surface area contributed by atoms with Crippen molar-refractivity contribution in [2.24, 2.45) is 0 Å². The second-order valence-electron chi connectivity index (χ2n) is 6.24. The molecule has 1 amide bonds. The number of H-pyrrole nitrogens is 1. The topological polar surface area (TPSA) is 45.3 Å². The molecule has 1 aliphatic heterocycles. The first kappa shape index (κ1) is 16.3. The number of para-hydroxylation sites is 1.